The Hall–Kier alpha value is -2.16. The molecule has 1 aromatic heterocycles. The second kappa shape index (κ2) is 8.48. The Labute approximate surface area is 160 Å². The average molecular weight is 395 g/mol. The van der Waals surface area contributed by atoms with Crippen LogP contribution >= 0.6 is 23.1 Å². The second-order valence-electron chi connectivity index (χ2n) is 5.89. The maximum absolute atomic E-state index is 12.3. The van der Waals surface area contributed by atoms with Gasteiger partial charge in [-0.25, -0.2) is 0 Å². The fourth-order valence-corrected chi connectivity index (χ4v) is 3.53. The van der Waals surface area contributed by atoms with E-state index < -0.39 is 5.91 Å². The third-order valence-corrected chi connectivity index (χ3v) is 5.29. The van der Waals surface area contributed by atoms with Crippen molar-refractivity contribution in [2.45, 2.75) is 25.5 Å². The molecular weight excluding hydrogens is 376 g/mol. The van der Waals surface area contributed by atoms with Crippen molar-refractivity contribution < 1.29 is 14.3 Å². The van der Waals surface area contributed by atoms with Crippen LogP contribution in [0, 0.1) is 0 Å². The summed E-state index contributed by atoms with van der Waals surface area (Å²) in [6.45, 7) is 1.39. The Morgan fingerprint density at radius 3 is 2.85 bits per heavy atom. The van der Waals surface area contributed by atoms with Gasteiger partial charge in [0.2, 0.25) is 0 Å². The molecule has 9 heteroatoms. The van der Waals surface area contributed by atoms with Crippen molar-refractivity contribution in [3.8, 4) is 0 Å². The van der Waals surface area contributed by atoms with Crippen LogP contribution in [0.1, 0.15) is 38.6 Å². The Bertz CT molecular complexity index is 805. The monoisotopic (exact) mass is 394 g/mol. The maximum atomic E-state index is 12.3. The predicted molar refractivity (Wildman–Crippen MR) is 100 cm³/mol. The molecule has 0 radical (unpaired) electrons. The third-order valence-electron chi connectivity index (χ3n) is 4.06. The number of nitrogens with two attached hydrogens (primary N) is 1. The molecule has 3 rings (SSSR count). The van der Waals surface area contributed by atoms with Crippen LogP contribution in [0.5, 0.6) is 0 Å². The second-order valence-corrected chi connectivity index (χ2v) is 7.07. The number of hydrogen-bond acceptors (Lipinski definition) is 6. The van der Waals surface area contributed by atoms with Crippen molar-refractivity contribution >= 4 is 40.6 Å². The Balaban J connectivity index is 1.59. The summed E-state index contributed by atoms with van der Waals surface area (Å²) in [4.78, 5) is 24.8. The number of nitrogens with one attached hydrogen (secondary N) is 2. The molecule has 1 atom stereocenters. The highest BCUT2D eigenvalue weighted by Gasteiger charge is 2.23. The van der Waals surface area contributed by atoms with E-state index in [2.05, 4.69) is 15.0 Å². The van der Waals surface area contributed by atoms with E-state index in [9.17, 15) is 9.59 Å². The molecule has 0 saturated carbocycles. The number of aromatic nitrogens is 1. The highest BCUT2D eigenvalue weighted by Crippen LogP contribution is 2.22. The van der Waals surface area contributed by atoms with Gasteiger partial charge in [0.05, 0.1) is 11.8 Å². The molecule has 7 nitrogen and oxygen atoms in total. The maximum Gasteiger partial charge on any atom is 0.273 e. The van der Waals surface area contributed by atoms with E-state index in [-0.39, 0.29) is 34.8 Å². The van der Waals surface area contributed by atoms with Gasteiger partial charge >= 0.3 is 0 Å². The minimum absolute atomic E-state index is 0.0338. The number of ether oxygens (including phenoxy) is 1. The fraction of sp³-hybridized carbons (Fsp3) is 0.353. The lowest BCUT2D eigenvalue weighted by Gasteiger charge is -2.10. The smallest absolute Gasteiger partial charge is 0.273 e. The minimum Gasteiger partial charge on any atom is -0.395 e. The summed E-state index contributed by atoms with van der Waals surface area (Å²) in [6.07, 6.45) is 1.96. The van der Waals surface area contributed by atoms with Gasteiger partial charge in [0, 0.05) is 24.7 Å². The molecule has 1 fully saturated rings. The van der Waals surface area contributed by atoms with Crippen LogP contribution in [0.4, 0.5) is 5.69 Å². The van der Waals surface area contributed by atoms with Gasteiger partial charge in [-0.1, -0.05) is 29.8 Å². The zero-order valence-corrected chi connectivity index (χ0v) is 15.5. The van der Waals surface area contributed by atoms with Crippen LogP contribution in [0.15, 0.2) is 24.3 Å². The van der Waals surface area contributed by atoms with Gasteiger partial charge in [0.1, 0.15) is 4.88 Å². The zero-order chi connectivity index (χ0) is 18.5. The van der Waals surface area contributed by atoms with Gasteiger partial charge in [-0.15, -0.1) is 0 Å². The van der Waals surface area contributed by atoms with Gasteiger partial charge in [-0.2, -0.15) is 4.37 Å². The number of rotatable bonds is 6. The van der Waals surface area contributed by atoms with E-state index in [0.717, 1.165) is 36.5 Å². The van der Waals surface area contributed by atoms with Crippen LogP contribution in [0.2, 0.25) is 5.02 Å². The van der Waals surface area contributed by atoms with Gasteiger partial charge in [-0.3, -0.25) is 9.59 Å². The SMILES string of the molecule is Nc1c(C(=O)NCc2ccccc2Cl)nsc1C(=O)NC[C@H]1CCCO1. The summed E-state index contributed by atoms with van der Waals surface area (Å²) in [7, 11) is 0. The van der Waals surface area contributed by atoms with E-state index in [4.69, 9.17) is 22.1 Å². The summed E-state index contributed by atoms with van der Waals surface area (Å²) < 4.78 is 9.49. The van der Waals surface area contributed by atoms with Gasteiger partial charge in [0.25, 0.3) is 11.8 Å². The number of benzene rings is 1. The number of halogens is 1. The molecule has 0 unspecified atom stereocenters. The Morgan fingerprint density at radius 1 is 1.31 bits per heavy atom. The topological polar surface area (TPSA) is 106 Å². The summed E-state index contributed by atoms with van der Waals surface area (Å²) >= 11 is 6.97. The van der Waals surface area contributed by atoms with Gasteiger partial charge < -0.3 is 21.1 Å². The van der Waals surface area contributed by atoms with E-state index in [1.54, 1.807) is 6.07 Å². The molecule has 0 bridgehead atoms. The molecule has 1 aliphatic heterocycles. The number of amides is 2. The summed E-state index contributed by atoms with van der Waals surface area (Å²) in [5.74, 6) is -0.794. The van der Waals surface area contributed by atoms with Crippen molar-refractivity contribution in [1.82, 2.24) is 15.0 Å². The molecular formula is C17H19ClN4O3S. The molecule has 1 aliphatic rings. The summed E-state index contributed by atoms with van der Waals surface area (Å²) in [6, 6.07) is 7.21. The number of anilines is 1. The van der Waals surface area contributed by atoms with Crippen molar-refractivity contribution in [2.75, 3.05) is 18.9 Å². The van der Waals surface area contributed by atoms with Crippen molar-refractivity contribution in [3.63, 3.8) is 0 Å². The molecule has 2 heterocycles. The Morgan fingerprint density at radius 2 is 2.12 bits per heavy atom. The number of nitrogen functional groups attached to an aromatic ring is 1. The van der Waals surface area contributed by atoms with E-state index in [1.807, 2.05) is 18.2 Å². The molecule has 2 amide bonds. The van der Waals surface area contributed by atoms with Crippen molar-refractivity contribution in [1.29, 1.82) is 0 Å². The van der Waals surface area contributed by atoms with Crippen LogP contribution in [0.3, 0.4) is 0 Å². The highest BCUT2D eigenvalue weighted by atomic mass is 35.5. The normalized spacial score (nSPS) is 16.4. The molecule has 0 spiro atoms. The predicted octanol–water partition coefficient (Wildman–Crippen LogP) is 2.22. The van der Waals surface area contributed by atoms with E-state index in [1.165, 1.54) is 0 Å². The standard InChI is InChI=1S/C17H19ClN4O3S/c18-12-6-2-1-4-10(12)8-20-16(23)14-13(19)15(26-22-14)17(24)21-9-11-5-3-7-25-11/h1-2,4,6,11H,3,5,7-9,19H2,(H,20,23)(H,21,24)/t11-/m1/s1. The first-order valence-electron chi connectivity index (χ1n) is 8.23. The zero-order valence-electron chi connectivity index (χ0n) is 14.0. The number of carbonyl (C=O) groups excluding carboxylic acids is 2. The molecule has 0 aliphatic carbocycles. The summed E-state index contributed by atoms with van der Waals surface area (Å²) in [5, 5.41) is 6.05. The highest BCUT2D eigenvalue weighted by molar-refractivity contribution is 7.09. The van der Waals surface area contributed by atoms with Crippen molar-refractivity contribution in [2.24, 2.45) is 0 Å². The number of hydrogen-bond donors (Lipinski definition) is 3. The quantitative estimate of drug-likeness (QED) is 0.696. The van der Waals surface area contributed by atoms with Crippen molar-refractivity contribution in [3.05, 3.63) is 45.4 Å². The van der Waals surface area contributed by atoms with Crippen LogP contribution in [-0.4, -0.2) is 35.4 Å². The lowest BCUT2D eigenvalue weighted by Crippen LogP contribution is -2.31. The fourth-order valence-electron chi connectivity index (χ4n) is 2.62. The first-order chi connectivity index (χ1) is 12.6. The Kier molecular flexibility index (Phi) is 6.08. The number of carbonyl (C=O) groups is 2. The lowest BCUT2D eigenvalue weighted by atomic mass is 10.2. The number of nitrogens with zero attached hydrogens (tertiary/aromatic N) is 1. The third kappa shape index (κ3) is 4.32. The average Bonchev–Trinajstić information content (AvgIpc) is 3.28. The molecule has 2 aromatic rings. The van der Waals surface area contributed by atoms with Crippen LogP contribution in [0.25, 0.3) is 0 Å². The first-order valence-corrected chi connectivity index (χ1v) is 9.38. The minimum atomic E-state index is -0.447. The largest absolute Gasteiger partial charge is 0.395 e. The van der Waals surface area contributed by atoms with E-state index >= 15 is 0 Å². The molecule has 138 valence electrons. The van der Waals surface area contributed by atoms with Gasteiger partial charge in [-0.05, 0) is 36.0 Å². The lowest BCUT2D eigenvalue weighted by molar-refractivity contribution is 0.0861. The van der Waals surface area contributed by atoms with E-state index in [0.29, 0.717) is 11.6 Å². The van der Waals surface area contributed by atoms with Gasteiger partial charge in [0.15, 0.2) is 5.69 Å². The van der Waals surface area contributed by atoms with Crippen LogP contribution < -0.4 is 16.4 Å². The molecule has 26 heavy (non-hydrogen) atoms. The first kappa shape index (κ1) is 18.6. The summed E-state index contributed by atoms with van der Waals surface area (Å²) in [5.41, 5.74) is 6.87. The van der Waals surface area contributed by atoms with Crippen LogP contribution in [-0.2, 0) is 11.3 Å². The molecule has 4 N–H and O–H groups in total. The molecule has 1 aromatic carbocycles. The molecule has 1 saturated heterocycles.